The van der Waals surface area contributed by atoms with Crippen molar-refractivity contribution in [3.8, 4) is 0 Å². The monoisotopic (exact) mass is 363 g/mol. The van der Waals surface area contributed by atoms with E-state index in [1.807, 2.05) is 30.3 Å². The molecule has 0 aromatic heterocycles. The third kappa shape index (κ3) is 5.45. The van der Waals surface area contributed by atoms with Crippen molar-refractivity contribution in [2.75, 3.05) is 26.3 Å². The molecule has 0 aliphatic carbocycles. The Bertz CT molecular complexity index is 511. The van der Waals surface area contributed by atoms with Gasteiger partial charge in [-0.1, -0.05) is 65.1 Å². The third-order valence-corrected chi connectivity index (χ3v) is 4.04. The molecule has 1 saturated heterocycles. The van der Waals surface area contributed by atoms with Crippen LogP contribution in [0.3, 0.4) is 0 Å². The summed E-state index contributed by atoms with van der Waals surface area (Å²) in [5.41, 5.74) is 0.932. The Morgan fingerprint density at radius 2 is 1.86 bits per heavy atom. The zero-order valence-electron chi connectivity index (χ0n) is 11.9. The smallest absolute Gasteiger partial charge is 0.262 e. The molecular weight excluding hydrogens is 347 g/mol. The van der Waals surface area contributed by atoms with Crippen LogP contribution in [-0.4, -0.2) is 42.2 Å². The lowest BCUT2D eigenvalue weighted by atomic mass is 10.2. The Kier molecular flexibility index (Phi) is 6.53. The van der Waals surface area contributed by atoms with Gasteiger partial charge in [-0.2, -0.15) is 0 Å². The van der Waals surface area contributed by atoms with Crippen molar-refractivity contribution in [2.24, 2.45) is 0 Å². The fourth-order valence-corrected chi connectivity index (χ4v) is 2.89. The van der Waals surface area contributed by atoms with E-state index in [-0.39, 0.29) is 5.91 Å². The number of nitrogens with one attached hydrogen (secondary N) is 2. The number of halogens is 3. The Hall–Kier alpha value is -0.780. The summed E-state index contributed by atoms with van der Waals surface area (Å²) in [7, 11) is 0. The molecule has 7 heteroatoms. The topological polar surface area (TPSA) is 42.8 Å². The Balaban J connectivity index is 2.00. The van der Waals surface area contributed by atoms with Crippen LogP contribution in [0.25, 0.3) is 6.08 Å². The van der Waals surface area contributed by atoms with Crippen LogP contribution in [0.1, 0.15) is 5.56 Å². The first-order valence-electron chi connectivity index (χ1n) is 6.99. The molecule has 120 valence electrons. The number of amides is 1. The van der Waals surface area contributed by atoms with Gasteiger partial charge in [0.1, 0.15) is 13.1 Å². The maximum absolute atomic E-state index is 12.1. The van der Waals surface area contributed by atoms with Crippen molar-refractivity contribution < 1.29 is 14.4 Å². The summed E-state index contributed by atoms with van der Waals surface area (Å²) in [5.74, 6) is -0.292. The van der Waals surface area contributed by atoms with Crippen LogP contribution in [-0.2, 0) is 9.53 Å². The lowest BCUT2D eigenvalue weighted by Gasteiger charge is -2.34. The van der Waals surface area contributed by atoms with Gasteiger partial charge < -0.3 is 9.64 Å². The van der Waals surface area contributed by atoms with Gasteiger partial charge in [-0.05, 0) is 11.6 Å². The molecule has 1 amide bonds. The minimum absolute atomic E-state index is 0.292. The van der Waals surface area contributed by atoms with E-state index in [4.69, 9.17) is 39.5 Å². The number of hydrogen-bond acceptors (Lipinski definition) is 2. The lowest BCUT2D eigenvalue weighted by molar-refractivity contribution is -0.934. The van der Waals surface area contributed by atoms with Gasteiger partial charge in [0.15, 0.2) is 0 Å². The number of hydrogen-bond donors (Lipinski definition) is 2. The van der Waals surface area contributed by atoms with Crippen molar-refractivity contribution >= 4 is 46.8 Å². The van der Waals surface area contributed by atoms with Crippen molar-refractivity contribution in [1.82, 2.24) is 5.32 Å². The average Bonchev–Trinajstić information content (AvgIpc) is 2.51. The van der Waals surface area contributed by atoms with E-state index in [1.165, 1.54) is 6.08 Å². The summed E-state index contributed by atoms with van der Waals surface area (Å²) < 4.78 is 3.72. The van der Waals surface area contributed by atoms with Crippen molar-refractivity contribution in [3.63, 3.8) is 0 Å². The fraction of sp³-hybridized carbons (Fsp3) is 0.400. The molecule has 2 N–H and O–H groups in total. The number of benzene rings is 1. The Morgan fingerprint density at radius 1 is 1.23 bits per heavy atom. The van der Waals surface area contributed by atoms with E-state index in [0.717, 1.165) is 10.5 Å². The van der Waals surface area contributed by atoms with Crippen LogP contribution in [0.15, 0.2) is 36.4 Å². The molecule has 0 saturated carbocycles. The molecule has 1 aromatic rings. The lowest BCUT2D eigenvalue weighted by Crippen LogP contribution is -3.21. The second-order valence-electron chi connectivity index (χ2n) is 5.00. The normalized spacial score (nSPS) is 18.3. The second-order valence-corrected chi connectivity index (χ2v) is 7.37. The first-order chi connectivity index (χ1) is 10.5. The van der Waals surface area contributed by atoms with Crippen LogP contribution >= 0.6 is 34.8 Å². The number of rotatable bonds is 4. The highest BCUT2D eigenvalue weighted by atomic mass is 35.6. The van der Waals surface area contributed by atoms with Crippen molar-refractivity contribution in [3.05, 3.63) is 42.0 Å². The van der Waals surface area contributed by atoms with Crippen LogP contribution < -0.4 is 10.2 Å². The number of carbonyl (C=O) groups excluding carboxylic acids is 1. The molecule has 0 radical (unpaired) electrons. The zero-order chi connectivity index (χ0) is 16.0. The quantitative estimate of drug-likeness (QED) is 0.627. The zero-order valence-corrected chi connectivity index (χ0v) is 14.2. The molecule has 1 aliphatic rings. The van der Waals surface area contributed by atoms with Crippen molar-refractivity contribution in [1.29, 1.82) is 0 Å². The van der Waals surface area contributed by atoms with Gasteiger partial charge in [0.25, 0.3) is 3.79 Å². The summed E-state index contributed by atoms with van der Waals surface area (Å²) in [6, 6.07) is 9.53. The maximum atomic E-state index is 12.1. The van der Waals surface area contributed by atoms with Gasteiger partial charge in [-0.25, -0.2) is 0 Å². The predicted octanol–water partition coefficient (Wildman–Crippen LogP) is 1.43. The van der Waals surface area contributed by atoms with Crippen LogP contribution in [0, 0.1) is 0 Å². The van der Waals surface area contributed by atoms with Crippen LogP contribution in [0.2, 0.25) is 0 Å². The molecule has 22 heavy (non-hydrogen) atoms. The van der Waals surface area contributed by atoms with Crippen LogP contribution in [0.5, 0.6) is 0 Å². The van der Waals surface area contributed by atoms with E-state index in [0.29, 0.717) is 26.3 Å². The van der Waals surface area contributed by atoms with Gasteiger partial charge in [-0.15, -0.1) is 0 Å². The van der Waals surface area contributed by atoms with Gasteiger partial charge in [0.2, 0.25) is 12.1 Å². The highest BCUT2D eigenvalue weighted by molar-refractivity contribution is 6.68. The van der Waals surface area contributed by atoms with Gasteiger partial charge >= 0.3 is 0 Å². The molecule has 1 atom stereocenters. The molecule has 1 aliphatic heterocycles. The number of ether oxygens (including phenoxy) is 1. The predicted molar refractivity (Wildman–Crippen MR) is 89.2 cm³/mol. The summed E-state index contributed by atoms with van der Waals surface area (Å²) >= 11 is 18.1. The number of quaternary nitrogens is 1. The van der Waals surface area contributed by atoms with Gasteiger partial charge in [0, 0.05) is 6.08 Å². The Labute approximate surface area is 145 Å². The summed E-state index contributed by atoms with van der Waals surface area (Å²) in [5, 5.41) is 2.78. The average molecular weight is 365 g/mol. The molecule has 0 spiro atoms. The fourth-order valence-electron chi connectivity index (χ4n) is 2.26. The largest absolute Gasteiger partial charge is 0.370 e. The van der Waals surface area contributed by atoms with E-state index in [1.54, 1.807) is 6.08 Å². The third-order valence-electron chi connectivity index (χ3n) is 3.38. The highest BCUT2D eigenvalue weighted by Crippen LogP contribution is 2.27. The molecular formula is C15H18Cl3N2O2+. The highest BCUT2D eigenvalue weighted by Gasteiger charge is 2.42. The molecule has 1 aromatic carbocycles. The molecule has 0 bridgehead atoms. The molecule has 0 unspecified atom stereocenters. The first-order valence-corrected chi connectivity index (χ1v) is 8.13. The minimum atomic E-state index is -1.58. The van der Waals surface area contributed by atoms with E-state index < -0.39 is 9.96 Å². The SMILES string of the molecule is O=C(C=Cc1ccccc1)N[C@@H]([NH+]1CCOCC1)C(Cl)(Cl)Cl. The first kappa shape index (κ1) is 17.6. The molecule has 2 rings (SSSR count). The number of alkyl halides is 3. The number of carbonyl (C=O) groups is 1. The maximum Gasteiger partial charge on any atom is 0.262 e. The molecule has 1 heterocycles. The van der Waals surface area contributed by atoms with E-state index >= 15 is 0 Å². The molecule has 1 fully saturated rings. The van der Waals surface area contributed by atoms with Gasteiger partial charge in [0.05, 0.1) is 13.2 Å². The van der Waals surface area contributed by atoms with Crippen LogP contribution in [0.4, 0.5) is 0 Å². The second kappa shape index (κ2) is 8.18. The number of morpholine rings is 1. The van der Waals surface area contributed by atoms with E-state index in [2.05, 4.69) is 5.32 Å². The summed E-state index contributed by atoms with van der Waals surface area (Å²) in [6.07, 6.45) is 2.55. The minimum Gasteiger partial charge on any atom is -0.370 e. The summed E-state index contributed by atoms with van der Waals surface area (Å²) in [6.45, 7) is 2.53. The Morgan fingerprint density at radius 3 is 2.45 bits per heavy atom. The van der Waals surface area contributed by atoms with E-state index in [9.17, 15) is 4.79 Å². The standard InChI is InChI=1S/C15H17Cl3N2O2/c16-15(17,18)14(20-8-10-22-11-9-20)19-13(21)7-6-12-4-2-1-3-5-12/h1-7,14H,8-11H2,(H,19,21)/p+1/t14-/m0/s1. The molecule has 4 nitrogen and oxygen atoms in total. The van der Waals surface area contributed by atoms with Crippen molar-refractivity contribution in [2.45, 2.75) is 9.96 Å². The van der Waals surface area contributed by atoms with Gasteiger partial charge in [-0.3, -0.25) is 10.1 Å². The summed E-state index contributed by atoms with van der Waals surface area (Å²) in [4.78, 5) is 13.1.